The number of piperazine rings is 1. The van der Waals surface area contributed by atoms with Crippen LogP contribution >= 0.6 is 0 Å². The van der Waals surface area contributed by atoms with Crippen molar-refractivity contribution in [1.29, 1.82) is 0 Å². The molecule has 2 aromatic rings. The van der Waals surface area contributed by atoms with Crippen LogP contribution in [-0.2, 0) is 0 Å². The number of anilines is 1. The first-order chi connectivity index (χ1) is 10.6. The Morgan fingerprint density at radius 2 is 1.82 bits per heavy atom. The van der Waals surface area contributed by atoms with Crippen molar-refractivity contribution in [3.63, 3.8) is 0 Å². The Morgan fingerprint density at radius 3 is 2.41 bits per heavy atom. The third kappa shape index (κ3) is 2.76. The Bertz CT molecular complexity index is 677. The number of carboxylic acid groups (broad SMARTS) is 1. The summed E-state index contributed by atoms with van der Waals surface area (Å²) in [6, 6.07) is 2.67. The molecule has 3 heterocycles. The average molecular weight is 302 g/mol. The van der Waals surface area contributed by atoms with E-state index in [1.807, 2.05) is 4.90 Å². The van der Waals surface area contributed by atoms with Gasteiger partial charge in [0.25, 0.3) is 5.91 Å². The van der Waals surface area contributed by atoms with Gasteiger partial charge in [0.15, 0.2) is 5.76 Å². The van der Waals surface area contributed by atoms with Crippen LogP contribution in [0.2, 0.25) is 0 Å². The van der Waals surface area contributed by atoms with Crippen molar-refractivity contribution >= 4 is 17.7 Å². The van der Waals surface area contributed by atoms with Crippen molar-refractivity contribution in [3.05, 3.63) is 42.2 Å². The zero-order valence-corrected chi connectivity index (χ0v) is 11.7. The molecule has 0 bridgehead atoms. The van der Waals surface area contributed by atoms with E-state index < -0.39 is 5.97 Å². The number of carbonyl (C=O) groups is 2. The summed E-state index contributed by atoms with van der Waals surface area (Å²) in [5.41, 5.74) is 0. The van der Waals surface area contributed by atoms with Gasteiger partial charge in [0, 0.05) is 38.6 Å². The SMILES string of the molecule is O=C(O)c1ccc(C(=O)N2CCN(c3cnccn3)CC2)o1. The third-order valence-electron chi connectivity index (χ3n) is 3.47. The molecule has 1 N–H and O–H groups in total. The quantitative estimate of drug-likeness (QED) is 0.892. The molecule has 2 aromatic heterocycles. The maximum absolute atomic E-state index is 12.3. The largest absolute Gasteiger partial charge is 0.475 e. The standard InChI is InChI=1S/C14H14N4O4/c19-13(10-1-2-11(22-10)14(20)21)18-7-5-17(6-8-18)12-9-15-3-4-16-12/h1-4,9H,5-8H2,(H,20,21). The predicted molar refractivity (Wildman–Crippen MR) is 75.8 cm³/mol. The zero-order chi connectivity index (χ0) is 15.5. The van der Waals surface area contributed by atoms with Crippen LogP contribution in [0.5, 0.6) is 0 Å². The van der Waals surface area contributed by atoms with Gasteiger partial charge in [-0.05, 0) is 12.1 Å². The topological polar surface area (TPSA) is 99.8 Å². The molecule has 1 amide bonds. The van der Waals surface area contributed by atoms with Gasteiger partial charge in [-0.25, -0.2) is 9.78 Å². The van der Waals surface area contributed by atoms with Crippen LogP contribution in [0.25, 0.3) is 0 Å². The molecule has 0 spiro atoms. The molecule has 8 heteroatoms. The van der Waals surface area contributed by atoms with Crippen molar-refractivity contribution in [1.82, 2.24) is 14.9 Å². The highest BCUT2D eigenvalue weighted by atomic mass is 16.4. The van der Waals surface area contributed by atoms with Gasteiger partial charge >= 0.3 is 5.97 Å². The van der Waals surface area contributed by atoms with Crippen LogP contribution in [0.4, 0.5) is 5.82 Å². The molecule has 0 radical (unpaired) electrons. The smallest absolute Gasteiger partial charge is 0.371 e. The van der Waals surface area contributed by atoms with Gasteiger partial charge in [-0.3, -0.25) is 9.78 Å². The van der Waals surface area contributed by atoms with E-state index in [0.717, 1.165) is 5.82 Å². The van der Waals surface area contributed by atoms with Gasteiger partial charge in [0.1, 0.15) is 5.82 Å². The monoisotopic (exact) mass is 302 g/mol. The summed E-state index contributed by atoms with van der Waals surface area (Å²) in [5.74, 6) is -0.898. The van der Waals surface area contributed by atoms with Gasteiger partial charge < -0.3 is 19.3 Å². The van der Waals surface area contributed by atoms with Gasteiger partial charge in [-0.1, -0.05) is 0 Å². The van der Waals surface area contributed by atoms with E-state index in [2.05, 4.69) is 9.97 Å². The molecule has 1 aliphatic heterocycles. The maximum atomic E-state index is 12.3. The molecule has 1 aliphatic rings. The molecular formula is C14H14N4O4. The lowest BCUT2D eigenvalue weighted by Gasteiger charge is -2.34. The lowest BCUT2D eigenvalue weighted by Crippen LogP contribution is -2.49. The van der Waals surface area contributed by atoms with E-state index in [9.17, 15) is 9.59 Å². The molecule has 1 fully saturated rings. The summed E-state index contributed by atoms with van der Waals surface area (Å²) in [7, 11) is 0. The van der Waals surface area contributed by atoms with Crippen LogP contribution in [0.15, 0.2) is 35.1 Å². The van der Waals surface area contributed by atoms with Gasteiger partial charge in [0.2, 0.25) is 5.76 Å². The summed E-state index contributed by atoms with van der Waals surface area (Å²) in [6.45, 7) is 2.30. The van der Waals surface area contributed by atoms with E-state index in [1.165, 1.54) is 12.1 Å². The van der Waals surface area contributed by atoms with Crippen molar-refractivity contribution in [3.8, 4) is 0 Å². The number of furan rings is 1. The molecule has 1 saturated heterocycles. The average Bonchev–Trinajstić information content (AvgIpc) is 3.05. The highest BCUT2D eigenvalue weighted by molar-refractivity contribution is 5.93. The molecule has 0 aromatic carbocycles. The number of hydrogen-bond donors (Lipinski definition) is 1. The first kappa shape index (κ1) is 14.1. The maximum Gasteiger partial charge on any atom is 0.371 e. The fraction of sp³-hybridized carbons (Fsp3) is 0.286. The highest BCUT2D eigenvalue weighted by Crippen LogP contribution is 2.15. The number of carboxylic acids is 1. The minimum absolute atomic E-state index is 0.0466. The van der Waals surface area contributed by atoms with Crippen LogP contribution in [0.1, 0.15) is 21.1 Å². The number of hydrogen-bond acceptors (Lipinski definition) is 6. The molecule has 114 valence electrons. The molecule has 3 rings (SSSR count). The number of amides is 1. The van der Waals surface area contributed by atoms with E-state index in [0.29, 0.717) is 26.2 Å². The van der Waals surface area contributed by atoms with E-state index >= 15 is 0 Å². The number of rotatable bonds is 3. The van der Waals surface area contributed by atoms with Gasteiger partial charge in [0.05, 0.1) is 6.20 Å². The van der Waals surface area contributed by atoms with Gasteiger partial charge in [-0.2, -0.15) is 0 Å². The Morgan fingerprint density at radius 1 is 1.09 bits per heavy atom. The highest BCUT2D eigenvalue weighted by Gasteiger charge is 2.25. The van der Waals surface area contributed by atoms with Crippen molar-refractivity contribution in [2.24, 2.45) is 0 Å². The van der Waals surface area contributed by atoms with Crippen LogP contribution in [0.3, 0.4) is 0 Å². The fourth-order valence-electron chi connectivity index (χ4n) is 2.32. The second-order valence-corrected chi connectivity index (χ2v) is 4.81. The molecule has 0 unspecified atom stereocenters. The summed E-state index contributed by atoms with van der Waals surface area (Å²) in [6.07, 6.45) is 4.92. The normalized spacial score (nSPS) is 14.9. The lowest BCUT2D eigenvalue weighted by molar-refractivity contribution is 0.0648. The molecule has 8 nitrogen and oxygen atoms in total. The Hall–Kier alpha value is -2.90. The summed E-state index contributed by atoms with van der Waals surface area (Å²) in [5, 5.41) is 8.81. The minimum atomic E-state index is -1.19. The molecular weight excluding hydrogens is 288 g/mol. The van der Waals surface area contributed by atoms with Crippen LogP contribution in [0, 0.1) is 0 Å². The summed E-state index contributed by atoms with van der Waals surface area (Å²) >= 11 is 0. The Balaban J connectivity index is 1.63. The number of carbonyl (C=O) groups excluding carboxylic acids is 1. The minimum Gasteiger partial charge on any atom is -0.475 e. The Labute approximate surface area is 126 Å². The molecule has 22 heavy (non-hydrogen) atoms. The molecule has 0 atom stereocenters. The molecule has 0 saturated carbocycles. The zero-order valence-electron chi connectivity index (χ0n) is 11.7. The van der Waals surface area contributed by atoms with Crippen molar-refractivity contribution in [2.45, 2.75) is 0 Å². The fourth-order valence-corrected chi connectivity index (χ4v) is 2.32. The van der Waals surface area contributed by atoms with Gasteiger partial charge in [-0.15, -0.1) is 0 Å². The second-order valence-electron chi connectivity index (χ2n) is 4.81. The van der Waals surface area contributed by atoms with E-state index in [1.54, 1.807) is 23.5 Å². The van der Waals surface area contributed by atoms with E-state index in [4.69, 9.17) is 9.52 Å². The van der Waals surface area contributed by atoms with Crippen LogP contribution < -0.4 is 4.90 Å². The number of aromatic carboxylic acids is 1. The van der Waals surface area contributed by atoms with E-state index in [-0.39, 0.29) is 17.4 Å². The van der Waals surface area contributed by atoms with Crippen molar-refractivity contribution < 1.29 is 19.1 Å². The predicted octanol–water partition coefficient (Wildman–Crippen LogP) is 0.730. The number of nitrogens with zero attached hydrogens (tertiary/aromatic N) is 4. The van der Waals surface area contributed by atoms with Crippen LogP contribution in [-0.4, -0.2) is 58.0 Å². The summed E-state index contributed by atoms with van der Waals surface area (Å²) in [4.78, 5) is 35.0. The Kier molecular flexibility index (Phi) is 3.73. The lowest BCUT2D eigenvalue weighted by atomic mass is 10.3. The van der Waals surface area contributed by atoms with Crippen molar-refractivity contribution in [2.75, 3.05) is 31.1 Å². The number of aromatic nitrogens is 2. The first-order valence-electron chi connectivity index (χ1n) is 6.78. The first-order valence-corrected chi connectivity index (χ1v) is 6.78. The second kappa shape index (κ2) is 5.84. The molecule has 0 aliphatic carbocycles. The third-order valence-corrected chi connectivity index (χ3v) is 3.47. The summed E-state index contributed by atoms with van der Waals surface area (Å²) < 4.78 is 5.04.